The van der Waals surface area contributed by atoms with Crippen LogP contribution < -0.4 is 9.62 Å². The van der Waals surface area contributed by atoms with E-state index < -0.39 is 16.1 Å². The zero-order valence-electron chi connectivity index (χ0n) is 16.3. The van der Waals surface area contributed by atoms with Crippen LogP contribution in [0.2, 0.25) is 0 Å². The summed E-state index contributed by atoms with van der Waals surface area (Å²) in [5, 5.41) is 0. The van der Waals surface area contributed by atoms with E-state index in [1.54, 1.807) is 53.3 Å². The second-order valence-corrected chi connectivity index (χ2v) is 9.33. The SMILES string of the molecule is CSCCC(NS(=O)(=O)c1ccccc1)C(=O)N1CCN(c2ncccn2)CC1. The summed E-state index contributed by atoms with van der Waals surface area (Å²) in [6.45, 7) is 2.21. The van der Waals surface area contributed by atoms with Gasteiger partial charge in [0.05, 0.1) is 4.90 Å². The van der Waals surface area contributed by atoms with Gasteiger partial charge in [0.25, 0.3) is 0 Å². The van der Waals surface area contributed by atoms with E-state index in [0.717, 1.165) is 0 Å². The number of carbonyl (C=O) groups is 1. The molecule has 1 fully saturated rings. The van der Waals surface area contributed by atoms with Crippen molar-refractivity contribution < 1.29 is 13.2 Å². The number of nitrogens with one attached hydrogen (secondary N) is 1. The zero-order chi connectivity index (χ0) is 20.7. The number of amides is 1. The van der Waals surface area contributed by atoms with E-state index in [1.807, 2.05) is 11.2 Å². The van der Waals surface area contributed by atoms with Crippen molar-refractivity contribution in [1.82, 2.24) is 19.6 Å². The number of hydrogen-bond donors (Lipinski definition) is 1. The molecule has 156 valence electrons. The maximum atomic E-state index is 13.1. The highest BCUT2D eigenvalue weighted by atomic mass is 32.2. The average molecular weight is 436 g/mol. The minimum absolute atomic E-state index is 0.160. The second kappa shape index (κ2) is 10.0. The number of piperazine rings is 1. The first-order valence-electron chi connectivity index (χ1n) is 9.38. The number of carbonyl (C=O) groups excluding carboxylic acids is 1. The summed E-state index contributed by atoms with van der Waals surface area (Å²) < 4.78 is 28.0. The third-order valence-electron chi connectivity index (χ3n) is 4.69. The molecule has 3 rings (SSSR count). The standard InChI is InChI=1S/C19H25N5O3S2/c1-28-15-8-17(22-29(26,27)16-6-3-2-4-7-16)18(25)23-11-13-24(14-12-23)19-20-9-5-10-21-19/h2-7,9-10,17,22H,8,11-15H2,1H3. The first-order valence-corrected chi connectivity index (χ1v) is 12.3. The number of anilines is 1. The van der Waals surface area contributed by atoms with Crippen molar-refractivity contribution in [3.05, 3.63) is 48.8 Å². The van der Waals surface area contributed by atoms with E-state index >= 15 is 0 Å². The van der Waals surface area contributed by atoms with Crippen molar-refractivity contribution in [3.63, 3.8) is 0 Å². The summed E-state index contributed by atoms with van der Waals surface area (Å²) in [5.74, 6) is 1.14. The van der Waals surface area contributed by atoms with Gasteiger partial charge < -0.3 is 9.80 Å². The van der Waals surface area contributed by atoms with E-state index in [4.69, 9.17) is 0 Å². The molecule has 2 heterocycles. The molecule has 1 aliphatic rings. The van der Waals surface area contributed by atoms with E-state index in [-0.39, 0.29) is 10.8 Å². The van der Waals surface area contributed by atoms with Gasteiger partial charge in [-0.25, -0.2) is 18.4 Å². The first-order chi connectivity index (χ1) is 14.0. The number of nitrogens with zero attached hydrogens (tertiary/aromatic N) is 4. The number of aromatic nitrogens is 2. The first kappa shape index (κ1) is 21.5. The molecular formula is C19H25N5O3S2. The monoisotopic (exact) mass is 435 g/mol. The Morgan fingerprint density at radius 2 is 1.76 bits per heavy atom. The number of sulfonamides is 1. The maximum Gasteiger partial charge on any atom is 0.241 e. The highest BCUT2D eigenvalue weighted by molar-refractivity contribution is 7.98. The predicted octanol–water partition coefficient (Wildman–Crippen LogP) is 1.23. The molecule has 0 radical (unpaired) electrons. The van der Waals surface area contributed by atoms with Crippen molar-refractivity contribution in [1.29, 1.82) is 0 Å². The number of thioether (sulfide) groups is 1. The molecule has 1 N–H and O–H groups in total. The fraction of sp³-hybridized carbons (Fsp3) is 0.421. The van der Waals surface area contributed by atoms with Crippen LogP contribution in [0.5, 0.6) is 0 Å². The van der Waals surface area contributed by atoms with Gasteiger partial charge in [0.2, 0.25) is 21.9 Å². The van der Waals surface area contributed by atoms with Crippen molar-refractivity contribution >= 4 is 33.6 Å². The van der Waals surface area contributed by atoms with Gasteiger partial charge in [-0.3, -0.25) is 4.79 Å². The average Bonchev–Trinajstić information content (AvgIpc) is 2.77. The van der Waals surface area contributed by atoms with Crippen LogP contribution in [0.25, 0.3) is 0 Å². The molecule has 0 saturated carbocycles. The lowest BCUT2D eigenvalue weighted by atomic mass is 10.2. The summed E-state index contributed by atoms with van der Waals surface area (Å²) in [5.41, 5.74) is 0. The highest BCUT2D eigenvalue weighted by Crippen LogP contribution is 2.15. The maximum absolute atomic E-state index is 13.1. The van der Waals surface area contributed by atoms with Crippen LogP contribution >= 0.6 is 11.8 Å². The van der Waals surface area contributed by atoms with Crippen molar-refractivity contribution in [2.45, 2.75) is 17.4 Å². The van der Waals surface area contributed by atoms with Gasteiger partial charge in [0, 0.05) is 38.6 Å². The third-order valence-corrected chi connectivity index (χ3v) is 6.82. The Bertz CT molecular complexity index is 889. The molecule has 1 aromatic heterocycles. The lowest BCUT2D eigenvalue weighted by molar-refractivity contribution is -0.133. The molecular weight excluding hydrogens is 410 g/mol. The molecule has 10 heteroatoms. The summed E-state index contributed by atoms with van der Waals surface area (Å²) in [4.78, 5) is 25.5. The van der Waals surface area contributed by atoms with Crippen LogP contribution in [0.4, 0.5) is 5.95 Å². The van der Waals surface area contributed by atoms with E-state index in [2.05, 4.69) is 14.7 Å². The molecule has 29 heavy (non-hydrogen) atoms. The third kappa shape index (κ3) is 5.68. The quantitative estimate of drug-likeness (QED) is 0.666. The number of benzene rings is 1. The Morgan fingerprint density at radius 3 is 2.38 bits per heavy atom. The van der Waals surface area contributed by atoms with Gasteiger partial charge in [-0.2, -0.15) is 16.5 Å². The van der Waals surface area contributed by atoms with Crippen LogP contribution in [0.3, 0.4) is 0 Å². The molecule has 1 aliphatic heterocycles. The molecule has 1 atom stereocenters. The minimum atomic E-state index is -3.76. The van der Waals surface area contributed by atoms with Gasteiger partial charge in [-0.15, -0.1) is 0 Å². The summed E-state index contributed by atoms with van der Waals surface area (Å²) in [6.07, 6.45) is 5.76. The van der Waals surface area contributed by atoms with E-state index in [9.17, 15) is 13.2 Å². The fourth-order valence-corrected chi connectivity index (χ4v) is 4.84. The molecule has 1 unspecified atom stereocenters. The lowest BCUT2D eigenvalue weighted by Gasteiger charge is -2.36. The number of hydrogen-bond acceptors (Lipinski definition) is 7. The Hall–Kier alpha value is -2.17. The van der Waals surface area contributed by atoms with Crippen LogP contribution in [0.1, 0.15) is 6.42 Å². The van der Waals surface area contributed by atoms with E-state index in [1.165, 1.54) is 12.1 Å². The molecule has 0 bridgehead atoms. The smallest absolute Gasteiger partial charge is 0.241 e. The van der Waals surface area contributed by atoms with Crippen LogP contribution in [0.15, 0.2) is 53.7 Å². The minimum Gasteiger partial charge on any atom is -0.338 e. The Kier molecular flexibility index (Phi) is 7.45. The predicted molar refractivity (Wildman–Crippen MR) is 114 cm³/mol. The van der Waals surface area contributed by atoms with Gasteiger partial charge in [0.15, 0.2) is 0 Å². The normalized spacial score (nSPS) is 15.9. The highest BCUT2D eigenvalue weighted by Gasteiger charge is 2.31. The Labute approximate surface area is 175 Å². The van der Waals surface area contributed by atoms with Gasteiger partial charge in [0.1, 0.15) is 6.04 Å². The van der Waals surface area contributed by atoms with Crippen LogP contribution in [-0.2, 0) is 14.8 Å². The summed E-state index contributed by atoms with van der Waals surface area (Å²) in [7, 11) is -3.76. The molecule has 0 aliphatic carbocycles. The zero-order valence-corrected chi connectivity index (χ0v) is 17.9. The van der Waals surface area contributed by atoms with Gasteiger partial charge in [-0.05, 0) is 36.6 Å². The largest absolute Gasteiger partial charge is 0.338 e. The summed E-state index contributed by atoms with van der Waals surface area (Å²) in [6, 6.07) is 9.11. The molecule has 2 aromatic rings. The molecule has 1 amide bonds. The molecule has 8 nitrogen and oxygen atoms in total. The topological polar surface area (TPSA) is 95.5 Å². The fourth-order valence-electron chi connectivity index (χ4n) is 3.13. The van der Waals surface area contributed by atoms with Crippen molar-refractivity contribution in [2.24, 2.45) is 0 Å². The van der Waals surface area contributed by atoms with E-state index in [0.29, 0.717) is 44.3 Å². The van der Waals surface area contributed by atoms with Crippen molar-refractivity contribution in [2.75, 3.05) is 43.1 Å². The van der Waals surface area contributed by atoms with Crippen LogP contribution in [0, 0.1) is 0 Å². The lowest BCUT2D eigenvalue weighted by Crippen LogP contribution is -2.55. The van der Waals surface area contributed by atoms with Gasteiger partial charge in [-0.1, -0.05) is 18.2 Å². The summed E-state index contributed by atoms with van der Waals surface area (Å²) >= 11 is 1.58. The van der Waals surface area contributed by atoms with Gasteiger partial charge >= 0.3 is 0 Å². The Balaban J connectivity index is 1.66. The second-order valence-electron chi connectivity index (χ2n) is 6.63. The molecule has 0 spiro atoms. The molecule has 1 saturated heterocycles. The van der Waals surface area contributed by atoms with Crippen molar-refractivity contribution in [3.8, 4) is 0 Å². The van der Waals surface area contributed by atoms with Crippen LogP contribution in [-0.4, -0.2) is 73.4 Å². The number of rotatable bonds is 8. The molecule has 1 aromatic carbocycles. The Morgan fingerprint density at radius 1 is 1.10 bits per heavy atom.